The average molecular weight is 194 g/mol. The Labute approximate surface area is 82.7 Å². The molecular formula is C11H14O3. The molecule has 0 saturated heterocycles. The summed E-state index contributed by atoms with van der Waals surface area (Å²) in [7, 11) is 0. The molecule has 0 radical (unpaired) electrons. The molecular weight excluding hydrogens is 180 g/mol. The number of allylic oxidation sites excluding steroid dienone is 2. The van der Waals surface area contributed by atoms with Gasteiger partial charge in [0.1, 0.15) is 11.5 Å². The van der Waals surface area contributed by atoms with Gasteiger partial charge in [-0.1, -0.05) is 6.08 Å². The molecule has 0 bridgehead atoms. The molecule has 0 aromatic carbocycles. The van der Waals surface area contributed by atoms with Crippen LogP contribution in [0.2, 0.25) is 0 Å². The lowest BCUT2D eigenvalue weighted by molar-refractivity contribution is 0.428. The second-order valence-electron chi connectivity index (χ2n) is 3.29. The van der Waals surface area contributed by atoms with E-state index in [1.165, 1.54) is 0 Å². The Hall–Kier alpha value is -1.51. The van der Waals surface area contributed by atoms with Crippen LogP contribution in [0.4, 0.5) is 0 Å². The number of hydrogen-bond acceptors (Lipinski definition) is 3. The second-order valence-corrected chi connectivity index (χ2v) is 3.29. The molecule has 14 heavy (non-hydrogen) atoms. The maximum Gasteiger partial charge on any atom is 0.342 e. The minimum atomic E-state index is -0.482. The summed E-state index contributed by atoms with van der Waals surface area (Å²) in [6, 6.07) is 0. The Balaban J connectivity index is 3.57. The van der Waals surface area contributed by atoms with E-state index in [1.54, 1.807) is 13.8 Å². The first-order valence-corrected chi connectivity index (χ1v) is 4.45. The van der Waals surface area contributed by atoms with Gasteiger partial charge < -0.3 is 9.52 Å². The molecule has 0 saturated carbocycles. The summed E-state index contributed by atoms with van der Waals surface area (Å²) in [6.45, 7) is 6.96. The molecule has 1 N–H and O–H groups in total. The first-order valence-electron chi connectivity index (χ1n) is 4.45. The Morgan fingerprint density at radius 3 is 2.43 bits per heavy atom. The van der Waals surface area contributed by atoms with Gasteiger partial charge in [-0.2, -0.15) is 0 Å². The maximum absolute atomic E-state index is 11.3. The lowest BCUT2D eigenvalue weighted by atomic mass is 10.1. The van der Waals surface area contributed by atoms with E-state index >= 15 is 0 Å². The summed E-state index contributed by atoms with van der Waals surface area (Å²) in [4.78, 5) is 11.3. The molecule has 0 aliphatic carbocycles. The summed E-state index contributed by atoms with van der Waals surface area (Å²) in [5.74, 6) is 0.484. The van der Waals surface area contributed by atoms with E-state index in [0.29, 0.717) is 11.3 Å². The zero-order valence-corrected chi connectivity index (χ0v) is 8.84. The molecule has 76 valence electrons. The highest BCUT2D eigenvalue weighted by atomic mass is 16.4. The van der Waals surface area contributed by atoms with Crippen molar-refractivity contribution in [2.75, 3.05) is 0 Å². The fourth-order valence-electron chi connectivity index (χ4n) is 1.24. The highest BCUT2D eigenvalue weighted by molar-refractivity contribution is 5.63. The Bertz CT molecular complexity index is 439. The van der Waals surface area contributed by atoms with Crippen molar-refractivity contribution < 1.29 is 9.52 Å². The zero-order chi connectivity index (χ0) is 10.9. The molecule has 0 amide bonds. The van der Waals surface area contributed by atoms with Crippen molar-refractivity contribution in [1.82, 2.24) is 0 Å². The zero-order valence-electron chi connectivity index (χ0n) is 8.84. The van der Waals surface area contributed by atoms with Gasteiger partial charge in [0.05, 0.1) is 5.56 Å². The standard InChI is InChI=1S/C11H14O3/c1-5-6(2)10-7(3)9(12)8(4)11(13)14-10/h5,12H,1-4H3/b6-5+. The first kappa shape index (κ1) is 10.6. The van der Waals surface area contributed by atoms with Crippen LogP contribution in [0, 0.1) is 13.8 Å². The number of aromatic hydroxyl groups is 1. The first-order chi connectivity index (χ1) is 6.49. The van der Waals surface area contributed by atoms with E-state index in [1.807, 2.05) is 19.9 Å². The summed E-state index contributed by atoms with van der Waals surface area (Å²) in [6.07, 6.45) is 1.83. The van der Waals surface area contributed by atoms with Crippen LogP contribution < -0.4 is 5.63 Å². The van der Waals surface area contributed by atoms with Gasteiger partial charge in [0.25, 0.3) is 0 Å². The molecule has 0 atom stereocenters. The molecule has 1 aromatic heterocycles. The predicted molar refractivity (Wildman–Crippen MR) is 55.4 cm³/mol. The van der Waals surface area contributed by atoms with Gasteiger partial charge in [0.2, 0.25) is 0 Å². The summed E-state index contributed by atoms with van der Waals surface area (Å²) >= 11 is 0. The van der Waals surface area contributed by atoms with Crippen LogP contribution >= 0.6 is 0 Å². The molecule has 3 nitrogen and oxygen atoms in total. The molecule has 0 aliphatic rings. The van der Waals surface area contributed by atoms with Crippen LogP contribution in [0.5, 0.6) is 5.75 Å². The third-order valence-corrected chi connectivity index (χ3v) is 2.34. The van der Waals surface area contributed by atoms with Crippen molar-refractivity contribution in [3.05, 3.63) is 33.4 Å². The number of hydrogen-bond donors (Lipinski definition) is 1. The van der Waals surface area contributed by atoms with Crippen molar-refractivity contribution in [3.63, 3.8) is 0 Å². The molecule has 1 rings (SSSR count). The van der Waals surface area contributed by atoms with Crippen molar-refractivity contribution in [1.29, 1.82) is 0 Å². The average Bonchev–Trinajstić information content (AvgIpc) is 2.19. The molecule has 3 heteroatoms. The fraction of sp³-hybridized carbons (Fsp3) is 0.364. The van der Waals surface area contributed by atoms with E-state index in [4.69, 9.17) is 4.42 Å². The van der Waals surface area contributed by atoms with Gasteiger partial charge in [0.15, 0.2) is 0 Å². The van der Waals surface area contributed by atoms with Crippen LogP contribution in [-0.4, -0.2) is 5.11 Å². The molecule has 0 spiro atoms. The summed E-state index contributed by atoms with van der Waals surface area (Å²) in [5.41, 5.74) is 1.23. The highest BCUT2D eigenvalue weighted by Gasteiger charge is 2.13. The van der Waals surface area contributed by atoms with E-state index in [9.17, 15) is 9.90 Å². The smallest absolute Gasteiger partial charge is 0.342 e. The normalized spacial score (nSPS) is 11.9. The van der Waals surface area contributed by atoms with Crippen LogP contribution in [0.3, 0.4) is 0 Å². The minimum Gasteiger partial charge on any atom is -0.507 e. The third-order valence-electron chi connectivity index (χ3n) is 2.34. The SMILES string of the molecule is C/C=C(\C)c1oc(=O)c(C)c(O)c1C. The van der Waals surface area contributed by atoms with Crippen molar-refractivity contribution >= 4 is 5.57 Å². The number of rotatable bonds is 1. The van der Waals surface area contributed by atoms with Crippen LogP contribution in [-0.2, 0) is 0 Å². The lowest BCUT2D eigenvalue weighted by Crippen LogP contribution is -2.06. The quantitative estimate of drug-likeness (QED) is 0.746. The monoisotopic (exact) mass is 194 g/mol. The van der Waals surface area contributed by atoms with Gasteiger partial charge in [-0.3, -0.25) is 0 Å². The Morgan fingerprint density at radius 1 is 1.36 bits per heavy atom. The molecule has 1 aromatic rings. The van der Waals surface area contributed by atoms with Gasteiger partial charge >= 0.3 is 5.63 Å². The van der Waals surface area contributed by atoms with E-state index < -0.39 is 5.63 Å². The fourth-order valence-corrected chi connectivity index (χ4v) is 1.24. The second kappa shape index (κ2) is 3.70. The molecule has 1 heterocycles. The minimum absolute atomic E-state index is 0.0254. The molecule has 0 fully saturated rings. The topological polar surface area (TPSA) is 50.4 Å². The molecule has 0 aliphatic heterocycles. The van der Waals surface area contributed by atoms with E-state index in [-0.39, 0.29) is 11.3 Å². The highest BCUT2D eigenvalue weighted by Crippen LogP contribution is 2.26. The van der Waals surface area contributed by atoms with Gasteiger partial charge in [-0.25, -0.2) is 4.79 Å². The Kier molecular flexibility index (Phi) is 2.79. The van der Waals surface area contributed by atoms with Crippen LogP contribution in [0.15, 0.2) is 15.3 Å². The van der Waals surface area contributed by atoms with Gasteiger partial charge in [-0.15, -0.1) is 0 Å². The van der Waals surface area contributed by atoms with Crippen LogP contribution in [0.1, 0.15) is 30.7 Å². The van der Waals surface area contributed by atoms with Gasteiger partial charge in [-0.05, 0) is 33.3 Å². The maximum atomic E-state index is 11.3. The summed E-state index contributed by atoms with van der Waals surface area (Å²) in [5, 5.41) is 9.63. The van der Waals surface area contributed by atoms with E-state index in [0.717, 1.165) is 5.57 Å². The van der Waals surface area contributed by atoms with E-state index in [2.05, 4.69) is 0 Å². The van der Waals surface area contributed by atoms with Crippen molar-refractivity contribution in [2.45, 2.75) is 27.7 Å². The lowest BCUT2D eigenvalue weighted by Gasteiger charge is -2.07. The third kappa shape index (κ3) is 1.58. The van der Waals surface area contributed by atoms with Crippen molar-refractivity contribution in [3.8, 4) is 5.75 Å². The predicted octanol–water partition coefficient (Wildman–Crippen LogP) is 2.39. The largest absolute Gasteiger partial charge is 0.507 e. The van der Waals surface area contributed by atoms with Gasteiger partial charge in [0, 0.05) is 5.56 Å². The Morgan fingerprint density at radius 2 is 1.93 bits per heavy atom. The van der Waals surface area contributed by atoms with Crippen molar-refractivity contribution in [2.24, 2.45) is 0 Å². The molecule has 0 unspecified atom stereocenters. The summed E-state index contributed by atoms with van der Waals surface area (Å²) < 4.78 is 5.09. The van der Waals surface area contributed by atoms with Crippen LogP contribution in [0.25, 0.3) is 5.57 Å².